The SMILES string of the molecule is Cc1ccc(S(=O)(=O)n2cc(/C=C/C(=O)c3ccccc3)c3ccccc32)cc1. The lowest BCUT2D eigenvalue weighted by Gasteiger charge is -2.07. The molecule has 0 amide bonds. The number of nitrogens with zero attached hydrogens (tertiary/aromatic N) is 1. The Balaban J connectivity index is 1.79. The lowest BCUT2D eigenvalue weighted by atomic mass is 10.1. The van der Waals surface area contributed by atoms with Crippen molar-refractivity contribution in [1.82, 2.24) is 3.97 Å². The van der Waals surface area contributed by atoms with Gasteiger partial charge in [0.15, 0.2) is 5.78 Å². The van der Waals surface area contributed by atoms with Crippen LogP contribution in [0.5, 0.6) is 0 Å². The van der Waals surface area contributed by atoms with E-state index in [0.29, 0.717) is 16.6 Å². The van der Waals surface area contributed by atoms with Crippen LogP contribution in [0.1, 0.15) is 21.5 Å². The number of fused-ring (bicyclic) bond motifs is 1. The minimum absolute atomic E-state index is 0.135. The summed E-state index contributed by atoms with van der Waals surface area (Å²) >= 11 is 0. The number of aryl methyl sites for hydroxylation is 1. The van der Waals surface area contributed by atoms with E-state index in [4.69, 9.17) is 0 Å². The molecule has 144 valence electrons. The lowest BCUT2D eigenvalue weighted by Crippen LogP contribution is -2.11. The number of ketones is 1. The van der Waals surface area contributed by atoms with Gasteiger partial charge >= 0.3 is 0 Å². The smallest absolute Gasteiger partial charge is 0.268 e. The molecule has 0 fully saturated rings. The van der Waals surface area contributed by atoms with Crippen molar-refractivity contribution >= 4 is 32.8 Å². The van der Waals surface area contributed by atoms with Gasteiger partial charge in [-0.25, -0.2) is 12.4 Å². The first-order valence-electron chi connectivity index (χ1n) is 9.16. The molecule has 0 N–H and O–H groups in total. The summed E-state index contributed by atoms with van der Waals surface area (Å²) in [7, 11) is -3.75. The van der Waals surface area contributed by atoms with E-state index < -0.39 is 10.0 Å². The molecule has 0 radical (unpaired) electrons. The van der Waals surface area contributed by atoms with E-state index in [2.05, 4.69) is 0 Å². The largest absolute Gasteiger partial charge is 0.289 e. The second-order valence-electron chi connectivity index (χ2n) is 6.78. The van der Waals surface area contributed by atoms with E-state index >= 15 is 0 Å². The molecule has 0 saturated heterocycles. The fraction of sp³-hybridized carbons (Fsp3) is 0.0417. The van der Waals surface area contributed by atoms with Crippen LogP contribution in [-0.4, -0.2) is 18.2 Å². The molecule has 0 aliphatic carbocycles. The summed E-state index contributed by atoms with van der Waals surface area (Å²) in [5.41, 5.74) is 2.81. The predicted molar refractivity (Wildman–Crippen MR) is 116 cm³/mol. The zero-order chi connectivity index (χ0) is 20.4. The minimum atomic E-state index is -3.75. The fourth-order valence-electron chi connectivity index (χ4n) is 3.19. The van der Waals surface area contributed by atoms with Crippen molar-refractivity contribution in [3.63, 3.8) is 0 Å². The Hall–Kier alpha value is -3.44. The standard InChI is InChI=1S/C24H19NO3S/c1-18-11-14-21(15-12-18)29(27,28)25-17-20(22-9-5-6-10-23(22)25)13-16-24(26)19-7-3-2-4-8-19/h2-17H,1H3/b16-13+. The monoisotopic (exact) mass is 401 g/mol. The molecule has 4 rings (SSSR count). The van der Waals surface area contributed by atoms with Crippen LogP contribution in [0.3, 0.4) is 0 Å². The molecular formula is C24H19NO3S. The Bertz CT molecular complexity index is 1320. The number of aromatic nitrogens is 1. The van der Waals surface area contributed by atoms with Gasteiger partial charge in [0, 0.05) is 22.7 Å². The number of carbonyl (C=O) groups excluding carboxylic acids is 1. The van der Waals surface area contributed by atoms with Crippen molar-refractivity contribution in [3.05, 3.63) is 108 Å². The average Bonchev–Trinajstić information content (AvgIpc) is 3.12. The molecule has 3 aromatic carbocycles. The van der Waals surface area contributed by atoms with Gasteiger partial charge in [-0.1, -0.05) is 66.2 Å². The highest BCUT2D eigenvalue weighted by atomic mass is 32.2. The van der Waals surface area contributed by atoms with Crippen molar-refractivity contribution in [1.29, 1.82) is 0 Å². The first-order chi connectivity index (χ1) is 14.0. The van der Waals surface area contributed by atoms with E-state index in [1.807, 2.05) is 25.1 Å². The highest BCUT2D eigenvalue weighted by molar-refractivity contribution is 7.90. The summed E-state index contributed by atoms with van der Waals surface area (Å²) in [5, 5.41) is 0.764. The lowest BCUT2D eigenvalue weighted by molar-refractivity contribution is 0.104. The Morgan fingerprint density at radius 2 is 1.52 bits per heavy atom. The zero-order valence-electron chi connectivity index (χ0n) is 15.8. The number of hydrogen-bond acceptors (Lipinski definition) is 3. The van der Waals surface area contributed by atoms with Crippen LogP contribution in [0, 0.1) is 6.92 Å². The molecule has 1 aromatic heterocycles. The maximum Gasteiger partial charge on any atom is 0.268 e. The van der Waals surface area contributed by atoms with Gasteiger partial charge in [-0.2, -0.15) is 0 Å². The molecule has 0 spiro atoms. The highest BCUT2D eigenvalue weighted by Crippen LogP contribution is 2.27. The molecule has 4 nitrogen and oxygen atoms in total. The van der Waals surface area contributed by atoms with Gasteiger partial charge < -0.3 is 0 Å². The van der Waals surface area contributed by atoms with Crippen molar-refractivity contribution in [2.45, 2.75) is 11.8 Å². The molecule has 5 heteroatoms. The first-order valence-corrected chi connectivity index (χ1v) is 10.6. The zero-order valence-corrected chi connectivity index (χ0v) is 16.6. The van der Waals surface area contributed by atoms with Gasteiger partial charge in [0.1, 0.15) is 0 Å². The molecule has 0 atom stereocenters. The third-order valence-corrected chi connectivity index (χ3v) is 6.45. The number of benzene rings is 3. The highest BCUT2D eigenvalue weighted by Gasteiger charge is 2.20. The fourth-order valence-corrected chi connectivity index (χ4v) is 4.57. The maximum atomic E-state index is 13.2. The quantitative estimate of drug-likeness (QED) is 0.346. The Morgan fingerprint density at radius 1 is 0.862 bits per heavy atom. The van der Waals surface area contributed by atoms with Gasteiger partial charge in [-0.05, 0) is 37.3 Å². The summed E-state index contributed by atoms with van der Waals surface area (Å²) in [6.45, 7) is 1.91. The van der Waals surface area contributed by atoms with Crippen LogP contribution in [-0.2, 0) is 10.0 Å². The van der Waals surface area contributed by atoms with Gasteiger partial charge in [0.2, 0.25) is 0 Å². The maximum absolute atomic E-state index is 13.2. The van der Waals surface area contributed by atoms with Crippen molar-refractivity contribution in [3.8, 4) is 0 Å². The summed E-state index contributed by atoms with van der Waals surface area (Å²) < 4.78 is 27.7. The second kappa shape index (κ2) is 7.53. The van der Waals surface area contributed by atoms with Crippen LogP contribution in [0.2, 0.25) is 0 Å². The summed E-state index contributed by atoms with van der Waals surface area (Å²) in [4.78, 5) is 12.6. The number of allylic oxidation sites excluding steroid dienone is 1. The second-order valence-corrected chi connectivity index (χ2v) is 8.59. The summed E-state index contributed by atoms with van der Waals surface area (Å²) in [5.74, 6) is -0.135. The third-order valence-electron chi connectivity index (χ3n) is 4.76. The van der Waals surface area contributed by atoms with Gasteiger partial charge in [-0.3, -0.25) is 4.79 Å². The molecule has 4 aromatic rings. The van der Waals surface area contributed by atoms with E-state index in [1.54, 1.807) is 72.9 Å². The molecule has 1 heterocycles. The van der Waals surface area contributed by atoms with Crippen LogP contribution < -0.4 is 0 Å². The van der Waals surface area contributed by atoms with Crippen LogP contribution >= 0.6 is 0 Å². The molecule has 0 saturated carbocycles. The Labute approximate surface area is 169 Å². The van der Waals surface area contributed by atoms with Gasteiger partial charge in [0.25, 0.3) is 10.0 Å². The number of para-hydroxylation sites is 1. The molecule has 0 aliphatic heterocycles. The van der Waals surface area contributed by atoms with Crippen LogP contribution in [0.25, 0.3) is 17.0 Å². The molecule has 29 heavy (non-hydrogen) atoms. The topological polar surface area (TPSA) is 56.1 Å². The first kappa shape index (κ1) is 18.9. The van der Waals surface area contributed by atoms with Crippen LogP contribution in [0.15, 0.2) is 96.0 Å². The Morgan fingerprint density at radius 3 is 2.24 bits per heavy atom. The molecular weight excluding hydrogens is 382 g/mol. The van der Waals surface area contributed by atoms with Crippen LogP contribution in [0.4, 0.5) is 0 Å². The van der Waals surface area contributed by atoms with Gasteiger partial charge in [-0.15, -0.1) is 0 Å². The van der Waals surface area contributed by atoms with Gasteiger partial charge in [0.05, 0.1) is 10.4 Å². The number of carbonyl (C=O) groups is 1. The molecule has 0 unspecified atom stereocenters. The Kier molecular flexibility index (Phi) is 4.91. The number of hydrogen-bond donors (Lipinski definition) is 0. The predicted octanol–water partition coefficient (Wildman–Crippen LogP) is 5.08. The minimum Gasteiger partial charge on any atom is -0.289 e. The van der Waals surface area contributed by atoms with E-state index in [9.17, 15) is 13.2 Å². The molecule has 0 bridgehead atoms. The normalized spacial score (nSPS) is 11.9. The van der Waals surface area contributed by atoms with Crippen molar-refractivity contribution in [2.24, 2.45) is 0 Å². The summed E-state index contributed by atoms with van der Waals surface area (Å²) in [6, 6.07) is 23.0. The van der Waals surface area contributed by atoms with E-state index in [-0.39, 0.29) is 10.7 Å². The average molecular weight is 401 g/mol. The number of rotatable bonds is 5. The van der Waals surface area contributed by atoms with E-state index in [0.717, 1.165) is 10.9 Å². The summed E-state index contributed by atoms with van der Waals surface area (Å²) in [6.07, 6.45) is 4.70. The third kappa shape index (κ3) is 3.65. The van der Waals surface area contributed by atoms with Crippen molar-refractivity contribution in [2.75, 3.05) is 0 Å². The van der Waals surface area contributed by atoms with E-state index in [1.165, 1.54) is 10.0 Å². The molecule has 0 aliphatic rings. The van der Waals surface area contributed by atoms with Crippen molar-refractivity contribution < 1.29 is 13.2 Å².